The molecule has 0 saturated heterocycles. The van der Waals surface area contributed by atoms with Crippen LogP contribution in [0.3, 0.4) is 0 Å². The molecule has 2 aromatic carbocycles. The Kier molecular flexibility index (Phi) is 5.11. The van der Waals surface area contributed by atoms with Gasteiger partial charge in [-0.25, -0.2) is 8.78 Å². The van der Waals surface area contributed by atoms with E-state index in [2.05, 4.69) is 15.5 Å². The largest absolute Gasteiger partial charge is 0.485 e. The van der Waals surface area contributed by atoms with Crippen LogP contribution in [0.25, 0.3) is 0 Å². The van der Waals surface area contributed by atoms with Gasteiger partial charge < -0.3 is 19.2 Å². The second kappa shape index (κ2) is 7.85. The molecule has 0 spiro atoms. The zero-order chi connectivity index (χ0) is 19.5. The third kappa shape index (κ3) is 4.06. The number of anilines is 1. The first-order chi connectivity index (χ1) is 13.6. The molecule has 2 heterocycles. The third-order valence-electron chi connectivity index (χ3n) is 3.74. The summed E-state index contributed by atoms with van der Waals surface area (Å²) in [6.07, 6.45) is -0.563. The number of carbonyl (C=O) groups is 1. The number of carbonyl (C=O) groups excluding carboxylic acids is 1. The molecule has 0 unspecified atom stereocenters. The van der Waals surface area contributed by atoms with Gasteiger partial charge in [0, 0.05) is 6.07 Å². The van der Waals surface area contributed by atoms with Gasteiger partial charge in [0.1, 0.15) is 18.2 Å². The van der Waals surface area contributed by atoms with Gasteiger partial charge in [0.2, 0.25) is 12.0 Å². The minimum atomic E-state index is -0.727. The van der Waals surface area contributed by atoms with E-state index in [1.165, 1.54) is 0 Å². The van der Waals surface area contributed by atoms with Crippen LogP contribution in [0.2, 0.25) is 0 Å². The molecular weight excluding hydrogens is 392 g/mol. The number of para-hydroxylation sites is 2. The zero-order valence-corrected chi connectivity index (χ0v) is 15.0. The van der Waals surface area contributed by atoms with Gasteiger partial charge in [0.05, 0.1) is 11.4 Å². The Morgan fingerprint density at radius 1 is 1.18 bits per heavy atom. The van der Waals surface area contributed by atoms with E-state index >= 15 is 0 Å². The number of nitrogens with zero attached hydrogens (tertiary/aromatic N) is 2. The number of halogens is 2. The number of amides is 1. The maximum absolute atomic E-state index is 13.6. The summed E-state index contributed by atoms with van der Waals surface area (Å²) in [6, 6.07) is 10.0. The number of benzene rings is 2. The lowest BCUT2D eigenvalue weighted by molar-refractivity contribution is -0.113. The molecule has 0 aliphatic carbocycles. The van der Waals surface area contributed by atoms with E-state index in [9.17, 15) is 13.6 Å². The Morgan fingerprint density at radius 2 is 2.00 bits per heavy atom. The lowest BCUT2D eigenvalue weighted by Crippen LogP contribution is -2.21. The Labute approximate surface area is 162 Å². The lowest BCUT2D eigenvalue weighted by atomic mass is 10.2. The van der Waals surface area contributed by atoms with Crippen molar-refractivity contribution in [2.24, 2.45) is 0 Å². The highest BCUT2D eigenvalue weighted by molar-refractivity contribution is 7.99. The van der Waals surface area contributed by atoms with Crippen molar-refractivity contribution in [2.45, 2.75) is 11.3 Å². The third-order valence-corrected chi connectivity index (χ3v) is 4.55. The standard InChI is InChI=1S/C18H13F2N3O4S/c19-10-5-6-11(20)12(7-10)21-16(24)9-28-18-23-22-17(27-18)15-8-25-13-3-1-2-4-14(13)26-15/h1-7,15H,8-9H2,(H,21,24)/t15-/m1/s1. The van der Waals surface area contributed by atoms with Crippen LogP contribution >= 0.6 is 11.8 Å². The van der Waals surface area contributed by atoms with E-state index in [1.54, 1.807) is 12.1 Å². The number of hydrogen-bond acceptors (Lipinski definition) is 7. The molecule has 0 saturated carbocycles. The normalized spacial score (nSPS) is 15.3. The van der Waals surface area contributed by atoms with Crippen LogP contribution in [0.1, 0.15) is 12.0 Å². The summed E-state index contributed by atoms with van der Waals surface area (Å²) in [5.41, 5.74) is -0.233. The lowest BCUT2D eigenvalue weighted by Gasteiger charge is -2.23. The second-order valence-corrected chi connectivity index (χ2v) is 6.66. The van der Waals surface area contributed by atoms with E-state index in [0.29, 0.717) is 11.5 Å². The minimum Gasteiger partial charge on any atom is -0.485 e. The average molecular weight is 405 g/mol. The highest BCUT2D eigenvalue weighted by Gasteiger charge is 2.27. The van der Waals surface area contributed by atoms with E-state index in [-0.39, 0.29) is 29.2 Å². The summed E-state index contributed by atoms with van der Waals surface area (Å²) in [4.78, 5) is 11.9. The SMILES string of the molecule is O=C(CSc1nnc([C@H]2COc3ccccc3O2)o1)Nc1cc(F)ccc1F. The predicted octanol–water partition coefficient (Wildman–Crippen LogP) is 3.59. The highest BCUT2D eigenvalue weighted by Crippen LogP contribution is 2.35. The predicted molar refractivity (Wildman–Crippen MR) is 95.3 cm³/mol. The highest BCUT2D eigenvalue weighted by atomic mass is 32.2. The molecule has 7 nitrogen and oxygen atoms in total. The monoisotopic (exact) mass is 405 g/mol. The van der Waals surface area contributed by atoms with Crippen molar-refractivity contribution >= 4 is 23.4 Å². The van der Waals surface area contributed by atoms with Crippen LogP contribution in [-0.2, 0) is 4.79 Å². The van der Waals surface area contributed by atoms with E-state index < -0.39 is 23.6 Å². The molecule has 1 aromatic heterocycles. The fourth-order valence-corrected chi connectivity index (χ4v) is 3.03. The number of thioether (sulfide) groups is 1. The molecular formula is C18H13F2N3O4S. The molecule has 0 fully saturated rings. The van der Waals surface area contributed by atoms with Crippen LogP contribution in [0, 0.1) is 11.6 Å². The summed E-state index contributed by atoms with van der Waals surface area (Å²) >= 11 is 0.963. The number of nitrogens with one attached hydrogen (secondary N) is 1. The first kappa shape index (κ1) is 18.2. The molecule has 0 bridgehead atoms. The summed E-state index contributed by atoms with van der Waals surface area (Å²) in [6.45, 7) is 0.211. The van der Waals surface area contributed by atoms with Gasteiger partial charge in [-0.05, 0) is 24.3 Å². The summed E-state index contributed by atoms with van der Waals surface area (Å²) < 4.78 is 43.6. The van der Waals surface area contributed by atoms with Crippen molar-refractivity contribution in [3.63, 3.8) is 0 Å². The van der Waals surface area contributed by atoms with Gasteiger partial charge in [-0.3, -0.25) is 4.79 Å². The summed E-state index contributed by atoms with van der Waals surface area (Å²) in [5.74, 6) is -0.620. The average Bonchev–Trinajstić information content (AvgIpc) is 3.18. The van der Waals surface area contributed by atoms with Crippen molar-refractivity contribution in [3.05, 3.63) is 60.0 Å². The summed E-state index contributed by atoms with van der Waals surface area (Å²) in [5, 5.41) is 10.2. The fourth-order valence-electron chi connectivity index (χ4n) is 2.46. The number of fused-ring (bicyclic) bond motifs is 1. The Bertz CT molecular complexity index is 1010. The molecule has 1 aliphatic rings. The van der Waals surface area contributed by atoms with Gasteiger partial charge in [-0.2, -0.15) is 0 Å². The molecule has 1 amide bonds. The minimum absolute atomic E-state index is 0.123. The van der Waals surface area contributed by atoms with Gasteiger partial charge >= 0.3 is 0 Å². The van der Waals surface area contributed by atoms with Crippen LogP contribution in [0.4, 0.5) is 14.5 Å². The van der Waals surface area contributed by atoms with Gasteiger partial charge in [-0.1, -0.05) is 23.9 Å². The second-order valence-electron chi connectivity index (χ2n) is 5.73. The summed E-state index contributed by atoms with van der Waals surface area (Å²) in [7, 11) is 0. The van der Waals surface area contributed by atoms with E-state index in [0.717, 1.165) is 30.0 Å². The number of aromatic nitrogens is 2. The zero-order valence-electron chi connectivity index (χ0n) is 14.2. The van der Waals surface area contributed by atoms with Crippen molar-refractivity contribution < 1.29 is 27.5 Å². The van der Waals surface area contributed by atoms with Crippen LogP contribution in [-0.4, -0.2) is 28.5 Å². The molecule has 10 heteroatoms. The van der Waals surface area contributed by atoms with Crippen molar-refractivity contribution in [3.8, 4) is 11.5 Å². The van der Waals surface area contributed by atoms with Gasteiger partial charge in [-0.15, -0.1) is 10.2 Å². The molecule has 28 heavy (non-hydrogen) atoms. The molecule has 4 rings (SSSR count). The smallest absolute Gasteiger partial charge is 0.277 e. The van der Waals surface area contributed by atoms with E-state index in [4.69, 9.17) is 13.9 Å². The topological polar surface area (TPSA) is 86.5 Å². The number of hydrogen-bond donors (Lipinski definition) is 1. The van der Waals surface area contributed by atoms with Crippen molar-refractivity contribution in [1.29, 1.82) is 0 Å². The maximum Gasteiger partial charge on any atom is 0.277 e. The molecule has 1 aliphatic heterocycles. The molecule has 0 radical (unpaired) electrons. The van der Waals surface area contributed by atoms with Crippen molar-refractivity contribution in [2.75, 3.05) is 17.7 Å². The van der Waals surface area contributed by atoms with E-state index in [1.807, 2.05) is 12.1 Å². The Hall–Kier alpha value is -3.14. The maximum atomic E-state index is 13.6. The molecule has 1 atom stereocenters. The number of rotatable bonds is 5. The Balaban J connectivity index is 1.34. The Morgan fingerprint density at radius 3 is 2.86 bits per heavy atom. The molecule has 144 valence electrons. The number of ether oxygens (including phenoxy) is 2. The van der Waals surface area contributed by atoms with Crippen LogP contribution in [0.5, 0.6) is 11.5 Å². The molecule has 1 N–H and O–H groups in total. The first-order valence-electron chi connectivity index (χ1n) is 8.18. The molecule has 3 aromatic rings. The van der Waals surface area contributed by atoms with Crippen molar-refractivity contribution in [1.82, 2.24) is 10.2 Å². The quantitative estimate of drug-likeness (QED) is 0.649. The fraction of sp³-hybridized carbons (Fsp3) is 0.167. The van der Waals surface area contributed by atoms with Gasteiger partial charge in [0.15, 0.2) is 11.5 Å². The van der Waals surface area contributed by atoms with Crippen LogP contribution < -0.4 is 14.8 Å². The first-order valence-corrected chi connectivity index (χ1v) is 9.16. The van der Waals surface area contributed by atoms with Gasteiger partial charge in [0.25, 0.3) is 11.1 Å². The van der Waals surface area contributed by atoms with Crippen LogP contribution in [0.15, 0.2) is 52.1 Å².